The topological polar surface area (TPSA) is 52.3 Å². The number of ether oxygens (including phenoxy) is 1. The van der Waals surface area contributed by atoms with Crippen LogP contribution in [0.1, 0.15) is 11.1 Å². The van der Waals surface area contributed by atoms with Gasteiger partial charge in [0.15, 0.2) is 0 Å². The van der Waals surface area contributed by atoms with Crippen LogP contribution in [-0.4, -0.2) is 13.1 Å². The predicted octanol–water partition coefficient (Wildman–Crippen LogP) is 0.966. The Bertz CT molecular complexity index is 391. The lowest BCUT2D eigenvalue weighted by Crippen LogP contribution is -2.05. The summed E-state index contributed by atoms with van der Waals surface area (Å²) in [5.74, 6) is 2.16. The van der Waals surface area contributed by atoms with Crippen LogP contribution in [0, 0.1) is 12.3 Å². The second-order valence-corrected chi connectivity index (χ2v) is 2.86. The third-order valence-corrected chi connectivity index (χ3v) is 1.76. The van der Waals surface area contributed by atoms with E-state index in [0.29, 0.717) is 11.3 Å². The fourth-order valence-electron chi connectivity index (χ4n) is 1.14. The van der Waals surface area contributed by atoms with Crippen molar-refractivity contribution in [2.24, 2.45) is 0 Å². The highest BCUT2D eigenvalue weighted by Crippen LogP contribution is 2.12. The van der Waals surface area contributed by atoms with Gasteiger partial charge in [0, 0.05) is 11.3 Å². The van der Waals surface area contributed by atoms with Gasteiger partial charge in [0.05, 0.1) is 13.5 Å². The van der Waals surface area contributed by atoms with Crippen LogP contribution in [0.15, 0.2) is 18.2 Å². The zero-order valence-corrected chi connectivity index (χ0v) is 7.91. The van der Waals surface area contributed by atoms with Crippen LogP contribution in [0.3, 0.4) is 0 Å². The molecule has 0 spiro atoms. The number of carbonyl (C=O) groups excluding carboxylic acids is 1. The van der Waals surface area contributed by atoms with E-state index in [1.54, 1.807) is 18.2 Å². The molecule has 14 heavy (non-hydrogen) atoms. The number of carbonyl (C=O) groups is 1. The molecular weight excluding hydrogens is 178 g/mol. The van der Waals surface area contributed by atoms with E-state index < -0.39 is 0 Å². The summed E-state index contributed by atoms with van der Waals surface area (Å²) in [7, 11) is 1.34. The minimum atomic E-state index is -0.307. The van der Waals surface area contributed by atoms with E-state index in [1.807, 2.05) is 0 Å². The smallest absolute Gasteiger partial charge is 0.309 e. The Kier molecular flexibility index (Phi) is 3.14. The molecule has 0 saturated carbocycles. The highest BCUT2D eigenvalue weighted by Gasteiger charge is 2.04. The van der Waals surface area contributed by atoms with Crippen LogP contribution >= 0.6 is 0 Å². The molecule has 0 fully saturated rings. The average Bonchev–Trinajstić information content (AvgIpc) is 2.16. The average molecular weight is 189 g/mol. The third-order valence-electron chi connectivity index (χ3n) is 1.76. The molecule has 0 aliphatic carbocycles. The zero-order chi connectivity index (χ0) is 10.6. The predicted molar refractivity (Wildman–Crippen MR) is 54.5 cm³/mol. The first-order valence-corrected chi connectivity index (χ1v) is 4.08. The number of hydrogen-bond donors (Lipinski definition) is 1. The number of rotatable bonds is 2. The maximum absolute atomic E-state index is 11.0. The van der Waals surface area contributed by atoms with Crippen LogP contribution in [-0.2, 0) is 16.0 Å². The molecule has 0 heterocycles. The fraction of sp³-hybridized carbons (Fsp3) is 0.182. The van der Waals surface area contributed by atoms with Crippen LogP contribution in [0.5, 0.6) is 0 Å². The number of anilines is 1. The van der Waals surface area contributed by atoms with Crippen molar-refractivity contribution in [3.8, 4) is 12.3 Å². The molecule has 0 aromatic heterocycles. The highest BCUT2D eigenvalue weighted by molar-refractivity contribution is 5.73. The number of nitrogens with two attached hydrogens (primary N) is 1. The Morgan fingerprint density at radius 1 is 1.57 bits per heavy atom. The SMILES string of the molecule is C#Cc1cc(N)cc(CC(=O)OC)c1. The molecule has 0 bridgehead atoms. The summed E-state index contributed by atoms with van der Waals surface area (Å²) >= 11 is 0. The lowest BCUT2D eigenvalue weighted by molar-refractivity contribution is -0.139. The number of benzene rings is 1. The van der Waals surface area contributed by atoms with E-state index in [4.69, 9.17) is 12.2 Å². The standard InChI is InChI=1S/C11H11NO2/c1-3-8-4-9(6-10(12)5-8)7-11(13)14-2/h1,4-6H,7,12H2,2H3. The van der Waals surface area contributed by atoms with Crippen molar-refractivity contribution in [3.63, 3.8) is 0 Å². The van der Waals surface area contributed by atoms with Gasteiger partial charge in [-0.1, -0.05) is 5.92 Å². The van der Waals surface area contributed by atoms with Gasteiger partial charge in [-0.15, -0.1) is 6.42 Å². The van der Waals surface area contributed by atoms with Gasteiger partial charge in [-0.3, -0.25) is 4.79 Å². The first-order valence-electron chi connectivity index (χ1n) is 4.08. The van der Waals surface area contributed by atoms with E-state index in [2.05, 4.69) is 10.7 Å². The van der Waals surface area contributed by atoms with Gasteiger partial charge in [-0.2, -0.15) is 0 Å². The second-order valence-electron chi connectivity index (χ2n) is 2.86. The molecule has 3 heteroatoms. The molecule has 0 aliphatic heterocycles. The lowest BCUT2D eigenvalue weighted by Gasteiger charge is -2.02. The van der Waals surface area contributed by atoms with E-state index in [0.717, 1.165) is 5.56 Å². The fourth-order valence-corrected chi connectivity index (χ4v) is 1.14. The summed E-state index contributed by atoms with van der Waals surface area (Å²) in [5, 5.41) is 0. The summed E-state index contributed by atoms with van der Waals surface area (Å²) in [4.78, 5) is 11.0. The summed E-state index contributed by atoms with van der Waals surface area (Å²) in [6.07, 6.45) is 5.42. The molecule has 3 nitrogen and oxygen atoms in total. The molecule has 0 amide bonds. The summed E-state index contributed by atoms with van der Waals surface area (Å²) in [6.45, 7) is 0. The van der Waals surface area contributed by atoms with Gasteiger partial charge in [0.25, 0.3) is 0 Å². The Labute approximate surface area is 82.9 Å². The number of hydrogen-bond acceptors (Lipinski definition) is 3. The van der Waals surface area contributed by atoms with Crippen LogP contribution < -0.4 is 5.73 Å². The van der Waals surface area contributed by atoms with E-state index in [9.17, 15) is 4.79 Å². The summed E-state index contributed by atoms with van der Waals surface area (Å²) in [5.41, 5.74) is 7.60. The van der Waals surface area contributed by atoms with Crippen molar-refractivity contribution >= 4 is 11.7 Å². The number of terminal acetylenes is 1. The Morgan fingerprint density at radius 3 is 2.86 bits per heavy atom. The minimum absolute atomic E-state index is 0.191. The van der Waals surface area contributed by atoms with Gasteiger partial charge >= 0.3 is 5.97 Å². The first kappa shape index (κ1) is 10.1. The van der Waals surface area contributed by atoms with E-state index in [-0.39, 0.29) is 12.4 Å². The van der Waals surface area contributed by atoms with E-state index in [1.165, 1.54) is 7.11 Å². The number of methoxy groups -OCH3 is 1. The summed E-state index contributed by atoms with van der Waals surface area (Å²) in [6, 6.07) is 5.13. The molecule has 1 aromatic carbocycles. The first-order chi connectivity index (χ1) is 6.65. The Balaban J connectivity index is 2.93. The molecular formula is C11H11NO2. The third kappa shape index (κ3) is 2.53. The summed E-state index contributed by atoms with van der Waals surface area (Å²) < 4.78 is 4.54. The molecule has 72 valence electrons. The molecule has 0 unspecified atom stereocenters. The van der Waals surface area contributed by atoms with Gasteiger partial charge in [-0.05, 0) is 23.8 Å². The molecule has 0 aliphatic rings. The molecule has 1 rings (SSSR count). The van der Waals surface area contributed by atoms with Gasteiger partial charge in [-0.25, -0.2) is 0 Å². The van der Waals surface area contributed by atoms with Gasteiger partial charge in [0.2, 0.25) is 0 Å². The normalized spacial score (nSPS) is 9.14. The van der Waals surface area contributed by atoms with Crippen molar-refractivity contribution in [3.05, 3.63) is 29.3 Å². The Hall–Kier alpha value is -1.95. The van der Waals surface area contributed by atoms with Crippen molar-refractivity contribution in [2.75, 3.05) is 12.8 Å². The van der Waals surface area contributed by atoms with E-state index >= 15 is 0 Å². The molecule has 1 aromatic rings. The quantitative estimate of drug-likeness (QED) is 0.428. The van der Waals surface area contributed by atoms with Crippen LogP contribution in [0.4, 0.5) is 5.69 Å². The molecule has 0 atom stereocenters. The van der Waals surface area contributed by atoms with Crippen LogP contribution in [0.25, 0.3) is 0 Å². The van der Waals surface area contributed by atoms with Crippen molar-refractivity contribution in [1.29, 1.82) is 0 Å². The van der Waals surface area contributed by atoms with Crippen LogP contribution in [0.2, 0.25) is 0 Å². The largest absolute Gasteiger partial charge is 0.469 e. The molecule has 0 radical (unpaired) electrons. The Morgan fingerprint density at radius 2 is 2.29 bits per heavy atom. The minimum Gasteiger partial charge on any atom is -0.469 e. The van der Waals surface area contributed by atoms with Crippen molar-refractivity contribution in [1.82, 2.24) is 0 Å². The zero-order valence-electron chi connectivity index (χ0n) is 7.91. The number of nitrogen functional groups attached to an aromatic ring is 1. The second kappa shape index (κ2) is 4.33. The van der Waals surface area contributed by atoms with Crippen molar-refractivity contribution in [2.45, 2.75) is 6.42 Å². The number of esters is 1. The lowest BCUT2D eigenvalue weighted by atomic mass is 10.1. The van der Waals surface area contributed by atoms with Gasteiger partial charge in [0.1, 0.15) is 0 Å². The molecule has 2 N–H and O–H groups in total. The molecule has 0 saturated heterocycles. The highest BCUT2D eigenvalue weighted by atomic mass is 16.5. The maximum Gasteiger partial charge on any atom is 0.309 e. The van der Waals surface area contributed by atoms with Crippen molar-refractivity contribution < 1.29 is 9.53 Å². The monoisotopic (exact) mass is 189 g/mol. The van der Waals surface area contributed by atoms with Gasteiger partial charge < -0.3 is 10.5 Å². The maximum atomic E-state index is 11.0.